The molecule has 4 saturated heterocycles. The van der Waals surface area contributed by atoms with Crippen LogP contribution in [0.3, 0.4) is 0 Å². The van der Waals surface area contributed by atoms with Gasteiger partial charge in [0.2, 0.25) is 5.60 Å². The number of nitrogens with one attached hydrogen (secondary N) is 4. The number of ether oxygens (including phenoxy) is 8. The molecule has 0 unspecified atom stereocenters. The lowest BCUT2D eigenvalue weighted by Gasteiger charge is -2.33. The van der Waals surface area contributed by atoms with E-state index in [1.165, 1.54) is 19.3 Å². The van der Waals surface area contributed by atoms with Gasteiger partial charge in [-0.05, 0) is 76.2 Å². The number of aryl methyl sites for hydroxylation is 1. The van der Waals surface area contributed by atoms with E-state index in [9.17, 15) is 30.3 Å². The van der Waals surface area contributed by atoms with Crippen molar-refractivity contribution in [2.24, 2.45) is 10.3 Å². The third kappa shape index (κ3) is 18.2. The van der Waals surface area contributed by atoms with E-state index in [1.807, 2.05) is 117 Å². The van der Waals surface area contributed by atoms with Gasteiger partial charge < -0.3 is 113 Å². The van der Waals surface area contributed by atoms with E-state index < -0.39 is 84.7 Å². The SMILES string of the molecule is C/C(=N\O)c1ncc([C@H]2OC(C)(C)O[C@@H]2[C@H]2COC(C)(C)O2)[nH]1.C/C(=N\OC(c1ccccc1)(c1ccccc1)c1ccccc1)c1ncc([C@H]2OC(C)(C)O[C@@H]2[C@H]2COC(C)(C)O2)[nH]1.CC(=O)c1ncc([C@@H](O)[C@H](O)[C@H](O)CO)[nH]1.Cc1cc(-c2ncc([C@@H](O)[C@H](O)[C@H](O)CO)[nH]2)no1. The molecule has 9 heterocycles. The average Bonchev–Trinajstić information content (AvgIpc) is 1.16. The normalized spacial score (nSPS) is 23.4. The standard InChI is InChI=1S/C34H37N3O5.C15H23N3O5.C11H15N3O5.C9H14N2O5/c1-23(31-35-21-27(36-31)29-30(41-33(4,5)40-29)28-22-38-32(2,3)39-28)37-42-34(24-15-9-6-10-16-24,25-17-11-7-12-18-25)26-19-13-8-14-20-26;1-8(18-19)13-16-6-9(17-13)11-12(23-15(4,5)22-11)10-7-20-14(2,3)21-10;1-5-2-6(14-19-5)11-12-3-7(13-11)9(17)10(18)8(16)4-15;1-4(13)9-10-2-5(11-9)7(15)8(16)6(14)3-12/h6-21,28-30H,22H2,1-5H3,(H,35,36);6,10-12,19H,7H2,1-5H3,(H,16,17);2-3,8-10,15-18H,4H2,1H3,(H,12,13);2,6-8,12,14-16H,3H2,1H3,(H,10,11)/b37-23+;18-8+;;/t28-,29-,30-;10-,11-,12-;8-,9-,10-;6-,7-,8-/m1111/s1. The number of carbonyl (C=O) groups is 1. The molecule has 0 amide bonds. The van der Waals surface area contributed by atoms with E-state index in [4.69, 9.17) is 67.8 Å². The maximum Gasteiger partial charge on any atom is 0.212 e. The Labute approximate surface area is 576 Å². The molecule has 3 aromatic carbocycles. The van der Waals surface area contributed by atoms with Crippen molar-refractivity contribution in [2.45, 2.75) is 185 Å². The Balaban J connectivity index is 0.000000170. The second-order valence-electron chi connectivity index (χ2n) is 26.0. The fourth-order valence-electron chi connectivity index (χ4n) is 11.4. The highest BCUT2D eigenvalue weighted by atomic mass is 16.8. The molecule has 0 aliphatic carbocycles. The van der Waals surface area contributed by atoms with Gasteiger partial charge in [0.15, 0.2) is 52.2 Å². The van der Waals surface area contributed by atoms with Gasteiger partial charge in [-0.1, -0.05) is 106 Å². The quantitative estimate of drug-likeness (QED) is 0.0130. The molecule has 0 bridgehead atoms. The Hall–Kier alpha value is -8.32. The van der Waals surface area contributed by atoms with Crippen molar-refractivity contribution in [1.82, 2.24) is 45.0 Å². The van der Waals surface area contributed by atoms with Crippen molar-refractivity contribution in [2.75, 3.05) is 26.4 Å². The van der Waals surface area contributed by atoms with Crippen molar-refractivity contribution >= 4 is 17.2 Å². The number of Topliss-reactive ketones (excluding diaryl/α,β-unsaturated/α-hetero) is 1. The molecule has 8 aromatic rings. The minimum Gasteiger partial charge on any atom is -0.411 e. The van der Waals surface area contributed by atoms with Crippen LogP contribution in [0.15, 0.2) is 137 Å². The summed E-state index contributed by atoms with van der Waals surface area (Å²) in [6, 6.07) is 32.1. The number of nitrogens with zero attached hydrogens (tertiary/aromatic N) is 7. The maximum atomic E-state index is 10.9. The number of aromatic nitrogens is 9. The maximum absolute atomic E-state index is 10.9. The second kappa shape index (κ2) is 32.1. The third-order valence-electron chi connectivity index (χ3n) is 16.4. The molecule has 0 radical (unpaired) electrons. The number of aromatic amines is 4. The lowest BCUT2D eigenvalue weighted by molar-refractivity contribution is -0.174. The topological polar surface area (TPSA) is 448 Å². The number of ketones is 1. The van der Waals surface area contributed by atoms with Crippen LogP contribution in [0.5, 0.6) is 0 Å². The summed E-state index contributed by atoms with van der Waals surface area (Å²) in [6.07, 6.45) is -4.88. The fraction of sp³-hybridized carbons (Fsp3) is 0.478. The van der Waals surface area contributed by atoms with Crippen molar-refractivity contribution in [3.8, 4) is 11.5 Å². The smallest absolute Gasteiger partial charge is 0.212 e. The molecular formula is C69H89N11O20. The van der Waals surface area contributed by atoms with E-state index >= 15 is 0 Å². The summed E-state index contributed by atoms with van der Waals surface area (Å²) in [5.41, 5.74) is 5.17. The molecule has 4 aliphatic heterocycles. The molecule has 13 N–H and O–H groups in total. The first-order valence-electron chi connectivity index (χ1n) is 32.3. The van der Waals surface area contributed by atoms with Crippen molar-refractivity contribution in [1.29, 1.82) is 0 Å². The van der Waals surface area contributed by atoms with Crippen LogP contribution in [0, 0.1) is 6.92 Å². The van der Waals surface area contributed by atoms with Crippen molar-refractivity contribution in [3.05, 3.63) is 185 Å². The minimum atomic E-state index is -1.55. The summed E-state index contributed by atoms with van der Waals surface area (Å²) in [5, 5.41) is 94.5. The second-order valence-corrected chi connectivity index (χ2v) is 26.0. The van der Waals surface area contributed by atoms with Crippen LogP contribution >= 0.6 is 0 Å². The first-order valence-corrected chi connectivity index (χ1v) is 32.3. The van der Waals surface area contributed by atoms with E-state index in [2.05, 4.69) is 91.7 Å². The highest BCUT2D eigenvalue weighted by Gasteiger charge is 2.53. The van der Waals surface area contributed by atoms with Crippen LogP contribution in [0.4, 0.5) is 0 Å². The summed E-state index contributed by atoms with van der Waals surface area (Å²) >= 11 is 0. The van der Waals surface area contributed by atoms with Crippen LogP contribution in [-0.4, -0.2) is 207 Å². The van der Waals surface area contributed by atoms with Crippen molar-refractivity contribution in [3.63, 3.8) is 0 Å². The number of hydrogen-bond acceptors (Lipinski definition) is 27. The Bertz CT molecular complexity index is 3870. The summed E-state index contributed by atoms with van der Waals surface area (Å²) in [7, 11) is 0. The van der Waals surface area contributed by atoms with Crippen LogP contribution in [0.1, 0.15) is 168 Å². The van der Waals surface area contributed by atoms with Crippen LogP contribution in [0.2, 0.25) is 0 Å². The van der Waals surface area contributed by atoms with Gasteiger partial charge in [-0.3, -0.25) is 4.79 Å². The summed E-state index contributed by atoms with van der Waals surface area (Å²) in [5.74, 6) is -1.04. The lowest BCUT2D eigenvalue weighted by atomic mass is 9.80. The van der Waals surface area contributed by atoms with E-state index in [-0.39, 0.29) is 53.5 Å². The summed E-state index contributed by atoms with van der Waals surface area (Å²) in [6.45, 7) is 21.2. The molecular weight excluding hydrogens is 1300 g/mol. The molecule has 0 saturated carbocycles. The monoisotopic (exact) mass is 1390 g/mol. The number of H-pyrrole nitrogens is 4. The predicted octanol–water partition coefficient (Wildman–Crippen LogP) is 5.92. The highest BCUT2D eigenvalue weighted by Crippen LogP contribution is 2.45. The largest absolute Gasteiger partial charge is 0.411 e. The van der Waals surface area contributed by atoms with Gasteiger partial charge in [-0.15, -0.1) is 0 Å². The van der Waals surface area contributed by atoms with Crippen LogP contribution in [-0.2, 0) is 48.3 Å². The molecule has 31 heteroatoms. The van der Waals surface area contributed by atoms with Gasteiger partial charge in [-0.25, -0.2) is 19.9 Å². The predicted molar refractivity (Wildman–Crippen MR) is 355 cm³/mol. The van der Waals surface area contributed by atoms with Crippen LogP contribution < -0.4 is 0 Å². The molecule has 100 heavy (non-hydrogen) atoms. The molecule has 12 rings (SSSR count). The highest BCUT2D eigenvalue weighted by molar-refractivity contribution is 5.95. The van der Waals surface area contributed by atoms with Gasteiger partial charge in [0.1, 0.15) is 96.1 Å². The molecule has 4 aliphatic rings. The van der Waals surface area contributed by atoms with E-state index in [0.717, 1.165) is 28.1 Å². The first kappa shape index (κ1) is 75.9. The minimum absolute atomic E-state index is 0.0553. The first-order chi connectivity index (χ1) is 47.4. The summed E-state index contributed by atoms with van der Waals surface area (Å²) < 4.78 is 53.1. The lowest BCUT2D eigenvalue weighted by Crippen LogP contribution is -2.35. The number of imidazole rings is 4. The number of oxime groups is 2. The summed E-state index contributed by atoms with van der Waals surface area (Å²) in [4.78, 5) is 45.9. The number of hydrogen-bond donors (Lipinski definition) is 13. The van der Waals surface area contributed by atoms with Crippen LogP contribution in [0.25, 0.3) is 11.5 Å². The zero-order valence-corrected chi connectivity index (χ0v) is 57.4. The van der Waals surface area contributed by atoms with Gasteiger partial charge in [0, 0.05) is 29.7 Å². The number of benzene rings is 3. The number of carbonyl (C=O) groups excluding carboxylic acids is 1. The average molecular weight is 1390 g/mol. The number of aliphatic hydroxyl groups is 8. The molecule has 5 aromatic heterocycles. The number of aliphatic hydroxyl groups excluding tert-OH is 8. The Morgan fingerprint density at radius 3 is 1.36 bits per heavy atom. The molecule has 540 valence electrons. The third-order valence-corrected chi connectivity index (χ3v) is 16.4. The Kier molecular flexibility index (Phi) is 24.4. The zero-order valence-electron chi connectivity index (χ0n) is 57.4. The molecule has 31 nitrogen and oxygen atoms in total. The van der Waals surface area contributed by atoms with Gasteiger partial charge in [0.25, 0.3) is 0 Å². The van der Waals surface area contributed by atoms with Gasteiger partial charge in [-0.2, -0.15) is 0 Å². The van der Waals surface area contributed by atoms with E-state index in [0.29, 0.717) is 53.6 Å². The fourth-order valence-corrected chi connectivity index (χ4v) is 11.4. The van der Waals surface area contributed by atoms with Gasteiger partial charge in [0.05, 0.1) is 74.0 Å². The van der Waals surface area contributed by atoms with Gasteiger partial charge >= 0.3 is 0 Å². The molecule has 12 atom stereocenters. The molecule has 0 spiro atoms. The zero-order chi connectivity index (χ0) is 72.5. The van der Waals surface area contributed by atoms with Crippen molar-refractivity contribution < 1.29 is 98.1 Å². The molecule has 4 fully saturated rings. The Morgan fingerprint density at radius 1 is 0.560 bits per heavy atom. The Morgan fingerprint density at radius 2 is 0.980 bits per heavy atom. The van der Waals surface area contributed by atoms with E-state index in [1.54, 1.807) is 32.3 Å². The number of rotatable bonds is 21.